The Bertz CT molecular complexity index is 1610. The Morgan fingerprint density at radius 3 is 2.23 bits per heavy atom. The summed E-state index contributed by atoms with van der Waals surface area (Å²) < 4.78 is 26.9. The molecule has 0 fully saturated rings. The minimum atomic E-state index is -4.11. The van der Waals surface area contributed by atoms with Crippen LogP contribution in [0, 0.1) is 17.0 Å². The van der Waals surface area contributed by atoms with Crippen LogP contribution < -0.4 is 9.62 Å². The van der Waals surface area contributed by atoms with Crippen LogP contribution in [0.25, 0.3) is 0 Å². The first kappa shape index (κ1) is 33.8. The van der Waals surface area contributed by atoms with E-state index in [9.17, 15) is 28.1 Å². The molecule has 10 nitrogen and oxygen atoms in total. The largest absolute Gasteiger partial charge is 0.350 e. The smallest absolute Gasteiger partial charge is 0.271 e. The van der Waals surface area contributed by atoms with E-state index in [0.29, 0.717) is 16.1 Å². The molecule has 230 valence electrons. The summed E-state index contributed by atoms with van der Waals surface area (Å²) in [5.41, 5.74) is 0.663. The maximum Gasteiger partial charge on any atom is 0.271 e. The van der Waals surface area contributed by atoms with Crippen molar-refractivity contribution in [2.24, 2.45) is 0 Å². The van der Waals surface area contributed by atoms with Gasteiger partial charge in [-0.05, 0) is 56.5 Å². The number of sulfonamides is 1. The highest BCUT2D eigenvalue weighted by molar-refractivity contribution is 7.92. The normalized spacial score (nSPS) is 12.3. The van der Waals surface area contributed by atoms with Crippen LogP contribution >= 0.6 is 23.2 Å². The van der Waals surface area contributed by atoms with Gasteiger partial charge in [0.25, 0.3) is 5.69 Å². The number of aryl methyl sites for hydroxylation is 1. The number of hydrogen-bond donors (Lipinski definition) is 1. The van der Waals surface area contributed by atoms with Gasteiger partial charge in [0, 0.05) is 40.7 Å². The minimum Gasteiger partial charge on any atom is -0.350 e. The first-order valence-corrected chi connectivity index (χ1v) is 15.9. The van der Waals surface area contributed by atoms with Crippen molar-refractivity contribution in [3.63, 3.8) is 0 Å². The number of benzene rings is 3. The Morgan fingerprint density at radius 1 is 1.02 bits per heavy atom. The van der Waals surface area contributed by atoms with Gasteiger partial charge in [-0.25, -0.2) is 8.42 Å². The van der Waals surface area contributed by atoms with Gasteiger partial charge in [0.2, 0.25) is 21.8 Å². The number of nitrogens with zero attached hydrogens (tertiary/aromatic N) is 3. The van der Waals surface area contributed by atoms with Gasteiger partial charge >= 0.3 is 0 Å². The monoisotopic (exact) mass is 648 g/mol. The lowest BCUT2D eigenvalue weighted by atomic mass is 10.0. The van der Waals surface area contributed by atoms with Crippen LogP contribution in [-0.2, 0) is 32.6 Å². The number of halogens is 2. The number of nitro groups is 1. The molecule has 0 aliphatic carbocycles. The van der Waals surface area contributed by atoms with Crippen molar-refractivity contribution in [2.75, 3.05) is 17.1 Å². The fourth-order valence-corrected chi connectivity index (χ4v) is 5.78. The maximum atomic E-state index is 14.2. The molecular formula is C30H34Cl2N4O6S. The molecule has 13 heteroatoms. The number of carbonyl (C=O) groups is 2. The number of carbonyl (C=O) groups excluding carboxylic acids is 2. The van der Waals surface area contributed by atoms with Crippen LogP contribution in [0.3, 0.4) is 0 Å². The Kier molecular flexibility index (Phi) is 10.8. The number of nitrogens with one attached hydrogen (secondary N) is 1. The molecule has 1 N–H and O–H groups in total. The molecule has 0 aromatic heterocycles. The third-order valence-corrected chi connectivity index (χ3v) is 8.19. The van der Waals surface area contributed by atoms with Crippen LogP contribution in [0.5, 0.6) is 0 Å². The van der Waals surface area contributed by atoms with E-state index in [0.717, 1.165) is 22.2 Å². The fraction of sp³-hybridized carbons (Fsp3) is 0.333. The molecule has 0 heterocycles. The van der Waals surface area contributed by atoms with Gasteiger partial charge < -0.3 is 10.2 Å². The molecule has 0 saturated heterocycles. The van der Waals surface area contributed by atoms with Crippen LogP contribution in [0.4, 0.5) is 11.4 Å². The quantitative estimate of drug-likeness (QED) is 0.215. The van der Waals surface area contributed by atoms with Crippen molar-refractivity contribution >= 4 is 56.4 Å². The molecule has 3 aromatic rings. The summed E-state index contributed by atoms with van der Waals surface area (Å²) in [6.07, 6.45) is 1.03. The standard InChI is InChI=1S/C30H34Cl2N4O6S/c1-20-11-14-24(36(39)40)17-26(20)35(43(5,41)42)19-28(37)34(18-22-12-13-23(31)16-25(22)32)27(29(38)33-30(2,3)4)15-21-9-7-6-8-10-21/h6-14,16-17,27H,15,18-19H2,1-5H3,(H,33,38). The molecule has 2 amide bonds. The molecule has 43 heavy (non-hydrogen) atoms. The van der Waals surface area contributed by atoms with Gasteiger partial charge in [0.15, 0.2) is 0 Å². The van der Waals surface area contributed by atoms with Gasteiger partial charge in [-0.1, -0.05) is 65.7 Å². The molecule has 3 aromatic carbocycles. The van der Waals surface area contributed by atoms with E-state index in [4.69, 9.17) is 23.2 Å². The number of non-ortho nitro benzene ring substituents is 1. The van der Waals surface area contributed by atoms with Gasteiger partial charge in [-0.2, -0.15) is 0 Å². The predicted molar refractivity (Wildman–Crippen MR) is 169 cm³/mol. The fourth-order valence-electron chi connectivity index (χ4n) is 4.42. The average molecular weight is 650 g/mol. The molecule has 1 unspecified atom stereocenters. The predicted octanol–water partition coefficient (Wildman–Crippen LogP) is 5.53. The van der Waals surface area contributed by atoms with E-state index in [-0.39, 0.29) is 29.4 Å². The first-order chi connectivity index (χ1) is 20.0. The number of nitro benzene ring substituents is 1. The molecular weight excluding hydrogens is 615 g/mol. The summed E-state index contributed by atoms with van der Waals surface area (Å²) in [4.78, 5) is 40.1. The van der Waals surface area contributed by atoms with Crippen molar-refractivity contribution in [2.45, 2.75) is 52.2 Å². The highest BCUT2D eigenvalue weighted by atomic mass is 35.5. The molecule has 0 saturated carbocycles. The summed E-state index contributed by atoms with van der Waals surface area (Å²) in [5.74, 6) is -1.17. The molecule has 3 rings (SSSR count). The van der Waals surface area contributed by atoms with Crippen molar-refractivity contribution in [3.05, 3.63) is 104 Å². The zero-order valence-electron chi connectivity index (χ0n) is 24.5. The van der Waals surface area contributed by atoms with Gasteiger partial charge in [0.05, 0.1) is 16.9 Å². The molecule has 0 spiro atoms. The molecule has 0 radical (unpaired) electrons. The maximum absolute atomic E-state index is 14.2. The third-order valence-electron chi connectivity index (χ3n) is 6.48. The first-order valence-electron chi connectivity index (χ1n) is 13.3. The zero-order valence-corrected chi connectivity index (χ0v) is 26.8. The highest BCUT2D eigenvalue weighted by Gasteiger charge is 2.35. The van der Waals surface area contributed by atoms with Crippen molar-refractivity contribution in [3.8, 4) is 0 Å². The Labute approximate surface area is 261 Å². The highest BCUT2D eigenvalue weighted by Crippen LogP contribution is 2.29. The lowest BCUT2D eigenvalue weighted by molar-refractivity contribution is -0.384. The van der Waals surface area contributed by atoms with Gasteiger partial charge in [-0.3, -0.25) is 24.0 Å². The van der Waals surface area contributed by atoms with Crippen molar-refractivity contribution < 1.29 is 22.9 Å². The lowest BCUT2D eigenvalue weighted by Gasteiger charge is -2.35. The topological polar surface area (TPSA) is 130 Å². The Balaban J connectivity index is 2.15. The van der Waals surface area contributed by atoms with E-state index in [1.54, 1.807) is 19.1 Å². The second-order valence-corrected chi connectivity index (χ2v) is 14.0. The summed E-state index contributed by atoms with van der Waals surface area (Å²) >= 11 is 12.6. The Morgan fingerprint density at radius 2 is 1.67 bits per heavy atom. The summed E-state index contributed by atoms with van der Waals surface area (Å²) in [5, 5.41) is 15.0. The summed E-state index contributed by atoms with van der Waals surface area (Å²) in [6.45, 7) is 6.15. The number of rotatable bonds is 11. The van der Waals surface area contributed by atoms with E-state index in [2.05, 4.69) is 5.32 Å². The molecule has 0 bridgehead atoms. The van der Waals surface area contributed by atoms with E-state index in [1.807, 2.05) is 51.1 Å². The number of hydrogen-bond acceptors (Lipinski definition) is 6. The van der Waals surface area contributed by atoms with Crippen LogP contribution in [0.1, 0.15) is 37.5 Å². The van der Waals surface area contributed by atoms with E-state index < -0.39 is 44.9 Å². The summed E-state index contributed by atoms with van der Waals surface area (Å²) in [7, 11) is -4.11. The van der Waals surface area contributed by atoms with E-state index >= 15 is 0 Å². The average Bonchev–Trinajstić information content (AvgIpc) is 2.89. The summed E-state index contributed by atoms with van der Waals surface area (Å²) in [6, 6.07) is 16.5. The van der Waals surface area contributed by atoms with Crippen LogP contribution in [0.15, 0.2) is 66.7 Å². The van der Waals surface area contributed by atoms with E-state index in [1.165, 1.54) is 23.1 Å². The SMILES string of the molecule is Cc1ccc([N+](=O)[O-])cc1N(CC(=O)N(Cc1ccc(Cl)cc1Cl)C(Cc1ccccc1)C(=O)NC(C)(C)C)S(C)(=O)=O. The van der Waals surface area contributed by atoms with Gasteiger partial charge in [-0.15, -0.1) is 0 Å². The van der Waals surface area contributed by atoms with Crippen LogP contribution in [0.2, 0.25) is 10.0 Å². The van der Waals surface area contributed by atoms with Crippen molar-refractivity contribution in [1.29, 1.82) is 0 Å². The molecule has 0 aliphatic rings. The zero-order chi connectivity index (χ0) is 32.1. The number of amides is 2. The second-order valence-electron chi connectivity index (χ2n) is 11.2. The Hall–Kier alpha value is -3.67. The lowest BCUT2D eigenvalue weighted by Crippen LogP contribution is -2.56. The van der Waals surface area contributed by atoms with Crippen molar-refractivity contribution in [1.82, 2.24) is 10.2 Å². The minimum absolute atomic E-state index is 0.0201. The van der Waals surface area contributed by atoms with Crippen LogP contribution in [-0.4, -0.2) is 54.4 Å². The number of anilines is 1. The molecule has 0 aliphatic heterocycles. The van der Waals surface area contributed by atoms with Gasteiger partial charge in [0.1, 0.15) is 12.6 Å². The third kappa shape index (κ3) is 9.41. The second kappa shape index (κ2) is 13.7. The molecule has 1 atom stereocenters.